The molecule has 0 heterocycles. The van der Waals surface area contributed by atoms with Crippen LogP contribution in [0.25, 0.3) is 0 Å². The first-order valence-electron chi connectivity index (χ1n) is 7.08. The molecule has 3 heteroatoms. The predicted octanol–water partition coefficient (Wildman–Crippen LogP) is 2.73. The van der Waals surface area contributed by atoms with Crippen molar-refractivity contribution in [3.05, 3.63) is 23.8 Å². The summed E-state index contributed by atoms with van der Waals surface area (Å²) in [5.74, 6) is 0.000414. The second kappa shape index (κ2) is 7.37. The van der Waals surface area contributed by atoms with Crippen LogP contribution in [0.15, 0.2) is 23.8 Å². The molecule has 0 unspecified atom stereocenters. The highest BCUT2D eigenvalue weighted by molar-refractivity contribution is 5.77. The molecule has 0 spiro atoms. The van der Waals surface area contributed by atoms with Crippen LogP contribution in [0, 0.1) is 0 Å². The van der Waals surface area contributed by atoms with Crippen LogP contribution in [-0.2, 0) is 9.53 Å². The van der Waals surface area contributed by atoms with Gasteiger partial charge in [-0.05, 0) is 31.3 Å². The number of hydrogen-bond donors (Lipinski definition) is 1. The number of hydrogen-bond acceptors (Lipinski definition) is 2. The average Bonchev–Trinajstić information content (AvgIpc) is 2.45. The Hall–Kier alpha value is -1.09. The standard InChI is InChI=1S/C15H23NO2/c17-15(12-18-14-9-5-2-6-10-14)16-11-13-7-3-1-4-8-13/h3,7-8,14H,1-2,4-6,9-12H2,(H,16,17). The van der Waals surface area contributed by atoms with Crippen LogP contribution in [0.3, 0.4) is 0 Å². The molecule has 0 saturated heterocycles. The predicted molar refractivity (Wildman–Crippen MR) is 72.3 cm³/mol. The van der Waals surface area contributed by atoms with E-state index < -0.39 is 0 Å². The largest absolute Gasteiger partial charge is 0.368 e. The molecule has 2 aliphatic rings. The molecule has 18 heavy (non-hydrogen) atoms. The molecule has 1 fully saturated rings. The third-order valence-corrected chi connectivity index (χ3v) is 3.56. The van der Waals surface area contributed by atoms with Gasteiger partial charge in [-0.15, -0.1) is 0 Å². The van der Waals surface area contributed by atoms with E-state index in [0.29, 0.717) is 12.6 Å². The van der Waals surface area contributed by atoms with E-state index >= 15 is 0 Å². The SMILES string of the molecule is O=C(COC1CCCCC1)NCC1=CCCC=C1. The van der Waals surface area contributed by atoms with Crippen molar-refractivity contribution in [1.29, 1.82) is 0 Å². The van der Waals surface area contributed by atoms with E-state index in [0.717, 1.165) is 25.7 Å². The van der Waals surface area contributed by atoms with Crippen LogP contribution in [0.4, 0.5) is 0 Å². The van der Waals surface area contributed by atoms with Crippen LogP contribution >= 0.6 is 0 Å². The Balaban J connectivity index is 1.59. The molecule has 2 aliphatic carbocycles. The van der Waals surface area contributed by atoms with Gasteiger partial charge in [-0.2, -0.15) is 0 Å². The third kappa shape index (κ3) is 4.65. The highest BCUT2D eigenvalue weighted by Gasteiger charge is 2.15. The summed E-state index contributed by atoms with van der Waals surface area (Å²) in [6.07, 6.45) is 14.9. The fourth-order valence-corrected chi connectivity index (χ4v) is 2.48. The van der Waals surface area contributed by atoms with Gasteiger partial charge in [-0.25, -0.2) is 0 Å². The maximum Gasteiger partial charge on any atom is 0.246 e. The summed E-state index contributed by atoms with van der Waals surface area (Å²) < 4.78 is 5.64. The molecular weight excluding hydrogens is 226 g/mol. The number of rotatable bonds is 5. The molecule has 1 saturated carbocycles. The van der Waals surface area contributed by atoms with Gasteiger partial charge in [0.1, 0.15) is 6.61 Å². The van der Waals surface area contributed by atoms with Crippen LogP contribution in [0.2, 0.25) is 0 Å². The van der Waals surface area contributed by atoms with Gasteiger partial charge in [0, 0.05) is 6.54 Å². The fourth-order valence-electron chi connectivity index (χ4n) is 2.48. The summed E-state index contributed by atoms with van der Waals surface area (Å²) >= 11 is 0. The van der Waals surface area contributed by atoms with Crippen molar-refractivity contribution in [3.63, 3.8) is 0 Å². The van der Waals surface area contributed by atoms with Gasteiger partial charge in [0.15, 0.2) is 0 Å². The number of ether oxygens (including phenoxy) is 1. The Morgan fingerprint density at radius 3 is 2.83 bits per heavy atom. The number of amides is 1. The number of carbonyl (C=O) groups is 1. The molecule has 3 nitrogen and oxygen atoms in total. The number of carbonyl (C=O) groups excluding carboxylic acids is 1. The molecule has 0 aliphatic heterocycles. The van der Waals surface area contributed by atoms with Gasteiger partial charge in [0.05, 0.1) is 6.10 Å². The van der Waals surface area contributed by atoms with Crippen molar-refractivity contribution in [3.8, 4) is 0 Å². The first-order valence-corrected chi connectivity index (χ1v) is 7.08. The van der Waals surface area contributed by atoms with Crippen LogP contribution in [0.5, 0.6) is 0 Å². The molecular formula is C15H23NO2. The van der Waals surface area contributed by atoms with Crippen molar-refractivity contribution in [1.82, 2.24) is 5.32 Å². The van der Waals surface area contributed by atoms with Crippen molar-refractivity contribution in [2.45, 2.75) is 51.0 Å². The topological polar surface area (TPSA) is 38.3 Å². The molecule has 0 aromatic rings. The zero-order valence-corrected chi connectivity index (χ0v) is 11.0. The first-order chi connectivity index (χ1) is 8.84. The Kier molecular flexibility index (Phi) is 5.46. The van der Waals surface area contributed by atoms with Gasteiger partial charge in [0.2, 0.25) is 5.91 Å². The lowest BCUT2D eigenvalue weighted by molar-refractivity contribution is -0.128. The average molecular weight is 249 g/mol. The van der Waals surface area contributed by atoms with Gasteiger partial charge in [-0.1, -0.05) is 37.5 Å². The van der Waals surface area contributed by atoms with E-state index in [4.69, 9.17) is 4.74 Å². The molecule has 0 aromatic carbocycles. The number of nitrogens with one attached hydrogen (secondary N) is 1. The molecule has 0 atom stereocenters. The monoisotopic (exact) mass is 249 g/mol. The summed E-state index contributed by atoms with van der Waals surface area (Å²) in [6.45, 7) is 0.838. The van der Waals surface area contributed by atoms with Crippen molar-refractivity contribution < 1.29 is 9.53 Å². The first kappa shape index (κ1) is 13.3. The Morgan fingerprint density at radius 2 is 2.11 bits per heavy atom. The summed E-state index contributed by atoms with van der Waals surface area (Å²) in [4.78, 5) is 11.6. The van der Waals surface area contributed by atoms with E-state index in [1.807, 2.05) is 0 Å². The molecule has 1 amide bonds. The van der Waals surface area contributed by atoms with Crippen molar-refractivity contribution in [2.24, 2.45) is 0 Å². The maximum atomic E-state index is 11.6. The second-order valence-electron chi connectivity index (χ2n) is 5.11. The minimum Gasteiger partial charge on any atom is -0.368 e. The van der Waals surface area contributed by atoms with Crippen LogP contribution in [-0.4, -0.2) is 25.2 Å². The lowest BCUT2D eigenvalue weighted by atomic mass is 9.98. The van der Waals surface area contributed by atoms with Crippen LogP contribution in [0.1, 0.15) is 44.9 Å². The summed E-state index contributed by atoms with van der Waals surface area (Å²) in [5.41, 5.74) is 1.20. The Morgan fingerprint density at radius 1 is 1.28 bits per heavy atom. The second-order valence-corrected chi connectivity index (χ2v) is 5.11. The summed E-state index contributed by atoms with van der Waals surface area (Å²) in [6, 6.07) is 0. The lowest BCUT2D eigenvalue weighted by Crippen LogP contribution is -2.31. The lowest BCUT2D eigenvalue weighted by Gasteiger charge is -2.21. The van der Waals surface area contributed by atoms with Gasteiger partial charge >= 0.3 is 0 Å². The van der Waals surface area contributed by atoms with Crippen molar-refractivity contribution in [2.75, 3.05) is 13.2 Å². The smallest absolute Gasteiger partial charge is 0.246 e. The number of allylic oxidation sites excluding steroid dienone is 2. The molecule has 100 valence electrons. The van der Waals surface area contributed by atoms with Gasteiger partial charge < -0.3 is 10.1 Å². The van der Waals surface area contributed by atoms with E-state index in [-0.39, 0.29) is 12.5 Å². The highest BCUT2D eigenvalue weighted by atomic mass is 16.5. The van der Waals surface area contributed by atoms with E-state index in [9.17, 15) is 4.79 Å². The normalized spacial score (nSPS) is 20.6. The quantitative estimate of drug-likeness (QED) is 0.813. The molecule has 0 radical (unpaired) electrons. The highest BCUT2D eigenvalue weighted by Crippen LogP contribution is 2.19. The zero-order chi connectivity index (χ0) is 12.6. The molecule has 1 N–H and O–H groups in total. The zero-order valence-electron chi connectivity index (χ0n) is 11.0. The third-order valence-electron chi connectivity index (χ3n) is 3.56. The van der Waals surface area contributed by atoms with Crippen molar-refractivity contribution >= 4 is 5.91 Å². The van der Waals surface area contributed by atoms with E-state index in [2.05, 4.69) is 23.5 Å². The van der Waals surface area contributed by atoms with Gasteiger partial charge in [-0.3, -0.25) is 4.79 Å². The summed E-state index contributed by atoms with van der Waals surface area (Å²) in [5, 5.41) is 2.91. The Bertz CT molecular complexity index is 327. The fraction of sp³-hybridized carbons (Fsp3) is 0.667. The molecule has 0 aromatic heterocycles. The van der Waals surface area contributed by atoms with E-state index in [1.165, 1.54) is 24.8 Å². The molecule has 2 rings (SSSR count). The van der Waals surface area contributed by atoms with E-state index in [1.54, 1.807) is 0 Å². The summed E-state index contributed by atoms with van der Waals surface area (Å²) in [7, 11) is 0. The minimum atomic E-state index is 0.000414. The Labute approximate surface area is 109 Å². The van der Waals surface area contributed by atoms with Gasteiger partial charge in [0.25, 0.3) is 0 Å². The van der Waals surface area contributed by atoms with Crippen LogP contribution < -0.4 is 5.32 Å². The molecule has 0 bridgehead atoms. The minimum absolute atomic E-state index is 0.000414. The maximum absolute atomic E-state index is 11.6.